The fourth-order valence-corrected chi connectivity index (χ4v) is 2.34. The normalized spacial score (nSPS) is 25.0. The van der Waals surface area contributed by atoms with Crippen molar-refractivity contribution in [3.63, 3.8) is 0 Å². The maximum Gasteiger partial charge on any atom is 0.280 e. The maximum absolute atomic E-state index is 12.1. The largest absolute Gasteiger partial charge is 0.390 e. The molecule has 2 aromatic rings. The van der Waals surface area contributed by atoms with E-state index in [-0.39, 0.29) is 42.3 Å². The second-order valence-electron chi connectivity index (χ2n) is 5.81. The van der Waals surface area contributed by atoms with Gasteiger partial charge >= 0.3 is 0 Å². The number of carbonyl (C=O) groups excluding carboxylic acids is 1. The van der Waals surface area contributed by atoms with Gasteiger partial charge in [0.2, 0.25) is 11.9 Å². The molecular weight excluding hydrogens is 302 g/mol. The molecule has 3 N–H and O–H groups in total. The molecule has 0 aliphatic carbocycles. The lowest BCUT2D eigenvalue weighted by molar-refractivity contribution is -0.118. The van der Waals surface area contributed by atoms with Crippen molar-refractivity contribution < 1.29 is 16.0 Å². The summed E-state index contributed by atoms with van der Waals surface area (Å²) in [6.45, 7) is 3.39. The molecule has 3 heterocycles. The second kappa shape index (κ2) is 5.74. The number of hydrogen-bond acceptors (Lipinski definition) is 6. The van der Waals surface area contributed by atoms with Crippen molar-refractivity contribution in [2.45, 2.75) is 45.6 Å². The van der Waals surface area contributed by atoms with E-state index in [1.54, 1.807) is 13.8 Å². The molecule has 0 saturated carbocycles. The molecule has 1 aliphatic rings. The minimum Gasteiger partial charge on any atom is -0.390 e. The van der Waals surface area contributed by atoms with Crippen molar-refractivity contribution in [3.05, 3.63) is 16.7 Å². The first-order valence-electron chi connectivity index (χ1n) is 8.02. The van der Waals surface area contributed by atoms with Gasteiger partial charge in [0, 0.05) is 13.7 Å². The lowest BCUT2D eigenvalue weighted by Gasteiger charge is -2.13. The van der Waals surface area contributed by atoms with Gasteiger partial charge in [0.25, 0.3) is 5.56 Å². The minimum absolute atomic E-state index is 0.0311. The summed E-state index contributed by atoms with van der Waals surface area (Å²) in [6, 6.07) is 0. The van der Waals surface area contributed by atoms with E-state index in [9.17, 15) is 14.7 Å². The molecule has 3 rings (SSSR count). The predicted octanol–water partition coefficient (Wildman–Crippen LogP) is 0.382. The molecular formula is C14H19N5O4. The molecule has 2 unspecified atom stereocenters. The summed E-state index contributed by atoms with van der Waals surface area (Å²) in [5.41, 5.74) is -0.112. The van der Waals surface area contributed by atoms with Crippen molar-refractivity contribution in [2.75, 3.05) is 5.32 Å². The van der Waals surface area contributed by atoms with Crippen LogP contribution in [0.4, 0.5) is 5.95 Å². The van der Waals surface area contributed by atoms with Crippen molar-refractivity contribution >= 4 is 23.0 Å². The van der Waals surface area contributed by atoms with Crippen LogP contribution in [-0.2, 0) is 9.53 Å². The third kappa shape index (κ3) is 2.84. The molecule has 0 bridgehead atoms. The fourth-order valence-electron chi connectivity index (χ4n) is 2.34. The Labute approximate surface area is 133 Å². The number of H-pyrrole nitrogens is 1. The molecule has 1 amide bonds. The molecule has 9 nitrogen and oxygen atoms in total. The van der Waals surface area contributed by atoms with Crippen LogP contribution in [0.5, 0.6) is 0 Å². The first-order valence-corrected chi connectivity index (χ1v) is 7.31. The summed E-state index contributed by atoms with van der Waals surface area (Å²) < 4.78 is 14.5. The summed E-state index contributed by atoms with van der Waals surface area (Å²) in [5, 5.41) is 12.4. The van der Waals surface area contributed by atoms with E-state index in [1.807, 2.05) is 0 Å². The number of fused-ring (bicyclic) bond motifs is 1. The van der Waals surface area contributed by atoms with Crippen molar-refractivity contribution in [1.29, 1.82) is 0 Å². The summed E-state index contributed by atoms with van der Waals surface area (Å²) >= 11 is 0. The SMILES string of the molecule is [2H]C[C@H]1OC(n2cnc3c(=O)[nH]c(NC(=O)C(C)C)nc32)CC1O. The van der Waals surface area contributed by atoms with Crippen LogP contribution < -0.4 is 10.9 Å². The van der Waals surface area contributed by atoms with Crippen LogP contribution in [0.25, 0.3) is 11.2 Å². The van der Waals surface area contributed by atoms with E-state index in [0.29, 0.717) is 0 Å². The molecule has 1 saturated heterocycles. The van der Waals surface area contributed by atoms with E-state index in [4.69, 9.17) is 6.11 Å². The summed E-state index contributed by atoms with van der Waals surface area (Å²) in [7, 11) is 0. The van der Waals surface area contributed by atoms with Crippen LogP contribution in [0, 0.1) is 5.92 Å². The Bertz CT molecular complexity index is 817. The van der Waals surface area contributed by atoms with Crippen molar-refractivity contribution in [1.82, 2.24) is 19.5 Å². The average Bonchev–Trinajstić information content (AvgIpc) is 3.10. The number of ether oxygens (including phenoxy) is 1. The van der Waals surface area contributed by atoms with Crippen LogP contribution in [0.2, 0.25) is 0 Å². The van der Waals surface area contributed by atoms with E-state index in [0.717, 1.165) is 0 Å². The van der Waals surface area contributed by atoms with Gasteiger partial charge in [-0.2, -0.15) is 4.98 Å². The highest BCUT2D eigenvalue weighted by molar-refractivity contribution is 5.91. The van der Waals surface area contributed by atoms with Gasteiger partial charge < -0.3 is 9.84 Å². The summed E-state index contributed by atoms with van der Waals surface area (Å²) in [4.78, 5) is 34.7. The van der Waals surface area contributed by atoms with Crippen molar-refractivity contribution in [3.8, 4) is 0 Å². The Kier molecular flexibility index (Phi) is 3.58. The number of amides is 1. The number of aromatic nitrogens is 4. The minimum atomic E-state index is -0.757. The molecule has 0 radical (unpaired) electrons. The molecule has 124 valence electrons. The molecule has 3 atom stereocenters. The average molecular weight is 322 g/mol. The van der Waals surface area contributed by atoms with Crippen molar-refractivity contribution in [2.24, 2.45) is 5.92 Å². The number of hydrogen-bond donors (Lipinski definition) is 3. The van der Waals surface area contributed by atoms with Gasteiger partial charge in [0.1, 0.15) is 6.23 Å². The van der Waals surface area contributed by atoms with Gasteiger partial charge in [-0.25, -0.2) is 4.98 Å². The number of imidazole rings is 1. The maximum atomic E-state index is 12.1. The first-order chi connectivity index (χ1) is 11.4. The number of aliphatic hydroxyl groups excluding tert-OH is 1. The van der Waals surface area contributed by atoms with Crippen LogP contribution in [-0.4, -0.2) is 42.7 Å². The number of aromatic amines is 1. The number of rotatable bonds is 3. The van der Waals surface area contributed by atoms with Crippen LogP contribution in [0.15, 0.2) is 11.1 Å². The highest BCUT2D eigenvalue weighted by Gasteiger charge is 2.33. The summed E-state index contributed by atoms with van der Waals surface area (Å²) in [5.74, 6) is -0.504. The predicted molar refractivity (Wildman–Crippen MR) is 81.8 cm³/mol. The Morgan fingerprint density at radius 3 is 3.09 bits per heavy atom. The third-order valence-corrected chi connectivity index (χ3v) is 3.71. The highest BCUT2D eigenvalue weighted by Crippen LogP contribution is 2.30. The number of aliphatic hydroxyl groups is 1. The zero-order valence-electron chi connectivity index (χ0n) is 13.8. The van der Waals surface area contributed by atoms with Gasteiger partial charge in [-0.05, 0) is 6.90 Å². The number of anilines is 1. The summed E-state index contributed by atoms with van der Waals surface area (Å²) in [6.07, 6.45) is -0.230. The molecule has 1 fully saturated rings. The molecule has 9 heteroatoms. The highest BCUT2D eigenvalue weighted by atomic mass is 16.5. The van der Waals surface area contributed by atoms with Crippen LogP contribution >= 0.6 is 0 Å². The van der Waals surface area contributed by atoms with E-state index < -0.39 is 24.0 Å². The van der Waals surface area contributed by atoms with Gasteiger partial charge in [-0.3, -0.25) is 24.5 Å². The number of carbonyl (C=O) groups is 1. The molecule has 1 aliphatic heterocycles. The monoisotopic (exact) mass is 322 g/mol. The first kappa shape index (κ1) is 14.3. The smallest absolute Gasteiger partial charge is 0.280 e. The zero-order valence-corrected chi connectivity index (χ0v) is 12.8. The topological polar surface area (TPSA) is 122 Å². The van der Waals surface area contributed by atoms with Gasteiger partial charge in [0.05, 0.1) is 18.5 Å². The van der Waals surface area contributed by atoms with E-state index in [1.165, 1.54) is 10.9 Å². The molecule has 0 aromatic carbocycles. The number of nitrogens with one attached hydrogen (secondary N) is 2. The fraction of sp³-hybridized carbons (Fsp3) is 0.571. The van der Waals surface area contributed by atoms with Crippen LogP contribution in [0.3, 0.4) is 0 Å². The lowest BCUT2D eigenvalue weighted by Crippen LogP contribution is -2.22. The zero-order chi connectivity index (χ0) is 17.4. The quantitative estimate of drug-likeness (QED) is 0.751. The Hall–Kier alpha value is -2.26. The van der Waals surface area contributed by atoms with E-state index >= 15 is 0 Å². The standard InChI is InChI=1S/C14H19N5O4/c1-6(2)12(21)17-14-16-11-10(13(22)18-14)15-5-19(11)9-4-8(20)7(3)23-9/h5-9,20H,4H2,1-3H3,(H2,16,17,18,21,22)/t7-,8?,9?/m1/s1/i3D. The molecule has 0 spiro atoms. The van der Waals surface area contributed by atoms with Gasteiger partial charge in [-0.1, -0.05) is 13.8 Å². The third-order valence-electron chi connectivity index (χ3n) is 3.71. The number of nitrogens with zero attached hydrogens (tertiary/aromatic N) is 3. The molecule has 2 aromatic heterocycles. The Morgan fingerprint density at radius 2 is 2.43 bits per heavy atom. The Morgan fingerprint density at radius 1 is 1.65 bits per heavy atom. The van der Waals surface area contributed by atoms with Gasteiger partial charge in [-0.15, -0.1) is 0 Å². The van der Waals surface area contributed by atoms with Crippen LogP contribution in [0.1, 0.15) is 34.8 Å². The Balaban J connectivity index is 1.97. The second-order valence-corrected chi connectivity index (χ2v) is 5.81. The van der Waals surface area contributed by atoms with Gasteiger partial charge in [0.15, 0.2) is 11.2 Å². The molecule has 23 heavy (non-hydrogen) atoms. The lowest BCUT2D eigenvalue weighted by atomic mass is 10.2. The van der Waals surface area contributed by atoms with E-state index in [2.05, 4.69) is 20.3 Å².